The van der Waals surface area contributed by atoms with Crippen molar-refractivity contribution < 1.29 is 4.74 Å². The van der Waals surface area contributed by atoms with Crippen molar-refractivity contribution in [2.75, 3.05) is 12.3 Å². The van der Waals surface area contributed by atoms with E-state index in [1.807, 2.05) is 13.8 Å². The number of rotatable bonds is 7. The third kappa shape index (κ3) is 3.78. The molecule has 0 aliphatic rings. The lowest BCUT2D eigenvalue weighted by Gasteiger charge is -2.08. The van der Waals surface area contributed by atoms with E-state index in [-0.39, 0.29) is 5.69 Å². The Hall–Kier alpha value is -1.96. The van der Waals surface area contributed by atoms with Crippen molar-refractivity contribution in [1.29, 1.82) is 0 Å². The maximum Gasteiger partial charge on any atom is 0.343 e. The fourth-order valence-electron chi connectivity index (χ4n) is 1.70. The molecule has 0 saturated carbocycles. The number of anilines is 1. The van der Waals surface area contributed by atoms with Gasteiger partial charge in [0.25, 0.3) is 0 Å². The van der Waals surface area contributed by atoms with Gasteiger partial charge < -0.3 is 10.5 Å². The molecule has 0 radical (unpaired) electrons. The molecule has 0 saturated heterocycles. The molecule has 114 valence electrons. The van der Waals surface area contributed by atoms with Crippen LogP contribution in [0.4, 0.5) is 5.69 Å². The quantitative estimate of drug-likeness (QED) is 0.810. The van der Waals surface area contributed by atoms with E-state index in [1.54, 1.807) is 16.7 Å². The van der Waals surface area contributed by atoms with Crippen molar-refractivity contribution in [1.82, 2.24) is 19.7 Å². The lowest BCUT2D eigenvalue weighted by molar-refractivity contribution is 0.305. The Balaban J connectivity index is 2.21. The van der Waals surface area contributed by atoms with Gasteiger partial charge in [0.15, 0.2) is 5.16 Å². The summed E-state index contributed by atoms with van der Waals surface area (Å²) in [7, 11) is 0. The van der Waals surface area contributed by atoms with Crippen LogP contribution < -0.4 is 16.2 Å². The Kier molecular flexibility index (Phi) is 5.26. The molecule has 0 unspecified atom stereocenters. The molecule has 0 spiro atoms. The van der Waals surface area contributed by atoms with Gasteiger partial charge in [-0.05, 0) is 36.7 Å². The third-order valence-electron chi connectivity index (χ3n) is 2.67. The highest BCUT2D eigenvalue weighted by Gasteiger charge is 2.12. The molecule has 2 rings (SSSR count). The Bertz CT molecular complexity index is 652. The molecule has 7 nitrogen and oxygen atoms in total. The van der Waals surface area contributed by atoms with E-state index < -0.39 is 0 Å². The van der Waals surface area contributed by atoms with Crippen LogP contribution in [0.1, 0.15) is 26.7 Å². The van der Waals surface area contributed by atoms with E-state index in [2.05, 4.69) is 15.2 Å². The number of nitrogens with two attached hydrogens (primary N) is 1. The number of nitrogens with zero attached hydrogens (tertiary/aromatic N) is 3. The van der Waals surface area contributed by atoms with E-state index in [1.165, 1.54) is 11.8 Å². The fourth-order valence-corrected chi connectivity index (χ4v) is 2.53. The van der Waals surface area contributed by atoms with E-state index >= 15 is 0 Å². The van der Waals surface area contributed by atoms with E-state index in [4.69, 9.17) is 10.5 Å². The summed E-state index contributed by atoms with van der Waals surface area (Å²) in [5, 5.41) is 7.75. The molecule has 0 fully saturated rings. The standard InChI is InChI=1S/C13H19N5O2S/c1-3-7-18-12(19)16-17-13(18)21-10-6-5-9(14)11(15-10)20-8-4-2/h5-6H,3-4,7-8,14H2,1-2H3,(H,16,19). The van der Waals surface area contributed by atoms with Crippen LogP contribution in [0.5, 0.6) is 5.88 Å². The first-order valence-electron chi connectivity index (χ1n) is 6.88. The van der Waals surface area contributed by atoms with Crippen LogP contribution >= 0.6 is 11.8 Å². The van der Waals surface area contributed by atoms with Gasteiger partial charge in [-0.2, -0.15) is 0 Å². The summed E-state index contributed by atoms with van der Waals surface area (Å²) in [4.78, 5) is 16.0. The normalized spacial score (nSPS) is 10.8. The highest BCUT2D eigenvalue weighted by Crippen LogP contribution is 2.28. The maximum atomic E-state index is 11.6. The van der Waals surface area contributed by atoms with Crippen molar-refractivity contribution >= 4 is 17.4 Å². The Morgan fingerprint density at radius 3 is 2.90 bits per heavy atom. The summed E-state index contributed by atoms with van der Waals surface area (Å²) in [6.45, 7) is 5.20. The first-order valence-corrected chi connectivity index (χ1v) is 7.69. The molecule has 2 aromatic rings. The van der Waals surface area contributed by atoms with Gasteiger partial charge in [0.2, 0.25) is 5.88 Å². The first-order chi connectivity index (χ1) is 10.2. The van der Waals surface area contributed by atoms with Crippen molar-refractivity contribution in [2.45, 2.75) is 43.4 Å². The molecular formula is C13H19N5O2S. The smallest absolute Gasteiger partial charge is 0.343 e. The molecule has 2 heterocycles. The average Bonchev–Trinajstić information content (AvgIpc) is 2.81. The van der Waals surface area contributed by atoms with Crippen LogP contribution in [0, 0.1) is 0 Å². The lowest BCUT2D eigenvalue weighted by Crippen LogP contribution is -2.17. The highest BCUT2D eigenvalue weighted by atomic mass is 32.2. The number of hydrogen-bond donors (Lipinski definition) is 2. The molecule has 21 heavy (non-hydrogen) atoms. The third-order valence-corrected chi connectivity index (χ3v) is 3.60. The highest BCUT2D eigenvalue weighted by molar-refractivity contribution is 7.99. The Labute approximate surface area is 126 Å². The number of aromatic nitrogens is 4. The number of aromatic amines is 1. The van der Waals surface area contributed by atoms with Gasteiger partial charge in [-0.15, -0.1) is 5.10 Å². The zero-order chi connectivity index (χ0) is 15.2. The molecule has 0 bridgehead atoms. The number of ether oxygens (including phenoxy) is 1. The van der Waals surface area contributed by atoms with Gasteiger partial charge in [0, 0.05) is 6.54 Å². The molecule has 0 atom stereocenters. The first kappa shape index (κ1) is 15.4. The Morgan fingerprint density at radius 1 is 1.38 bits per heavy atom. The molecule has 0 aliphatic carbocycles. The van der Waals surface area contributed by atoms with Crippen LogP contribution in [0.15, 0.2) is 27.1 Å². The van der Waals surface area contributed by atoms with Gasteiger partial charge in [-0.25, -0.2) is 14.9 Å². The summed E-state index contributed by atoms with van der Waals surface area (Å²) >= 11 is 1.31. The number of hydrogen-bond acceptors (Lipinski definition) is 6. The van der Waals surface area contributed by atoms with Crippen molar-refractivity contribution in [3.05, 3.63) is 22.6 Å². The van der Waals surface area contributed by atoms with Crippen LogP contribution in [0.2, 0.25) is 0 Å². The van der Waals surface area contributed by atoms with Crippen LogP contribution in [0.25, 0.3) is 0 Å². The van der Waals surface area contributed by atoms with E-state index in [0.29, 0.717) is 34.9 Å². The van der Waals surface area contributed by atoms with Gasteiger partial charge in [-0.1, -0.05) is 13.8 Å². The van der Waals surface area contributed by atoms with Crippen molar-refractivity contribution in [3.8, 4) is 5.88 Å². The second-order valence-electron chi connectivity index (χ2n) is 4.46. The van der Waals surface area contributed by atoms with Gasteiger partial charge in [-0.3, -0.25) is 4.57 Å². The molecular weight excluding hydrogens is 290 g/mol. The molecule has 0 aromatic carbocycles. The second-order valence-corrected chi connectivity index (χ2v) is 5.44. The van der Waals surface area contributed by atoms with Gasteiger partial charge >= 0.3 is 5.69 Å². The maximum absolute atomic E-state index is 11.6. The van der Waals surface area contributed by atoms with Crippen LogP contribution in [-0.2, 0) is 6.54 Å². The summed E-state index contributed by atoms with van der Waals surface area (Å²) in [5.74, 6) is 0.418. The second kappa shape index (κ2) is 7.16. The number of pyridine rings is 1. The SMILES string of the molecule is CCCOc1nc(Sc2n[nH]c(=O)n2CCC)ccc1N. The van der Waals surface area contributed by atoms with Gasteiger partial charge in [0.1, 0.15) is 5.03 Å². The van der Waals surface area contributed by atoms with Crippen LogP contribution in [0.3, 0.4) is 0 Å². The number of nitrogens with one attached hydrogen (secondary N) is 1. The molecule has 0 aliphatic heterocycles. The topological polar surface area (TPSA) is 98.8 Å². The van der Waals surface area contributed by atoms with Gasteiger partial charge in [0.05, 0.1) is 12.3 Å². The minimum absolute atomic E-state index is 0.211. The predicted octanol–water partition coefficient (Wildman–Crippen LogP) is 1.90. The Morgan fingerprint density at radius 2 is 2.19 bits per heavy atom. The fraction of sp³-hybridized carbons (Fsp3) is 0.462. The largest absolute Gasteiger partial charge is 0.476 e. The summed E-state index contributed by atoms with van der Waals surface area (Å²) < 4.78 is 7.09. The molecule has 0 amide bonds. The minimum atomic E-state index is -0.211. The van der Waals surface area contributed by atoms with Crippen molar-refractivity contribution in [2.24, 2.45) is 0 Å². The zero-order valence-electron chi connectivity index (χ0n) is 12.1. The molecule has 3 N–H and O–H groups in total. The average molecular weight is 309 g/mol. The molecule has 2 aromatic heterocycles. The summed E-state index contributed by atoms with van der Waals surface area (Å²) in [6.07, 6.45) is 1.74. The zero-order valence-corrected chi connectivity index (χ0v) is 12.9. The summed E-state index contributed by atoms with van der Waals surface area (Å²) in [6, 6.07) is 3.53. The minimum Gasteiger partial charge on any atom is -0.476 e. The monoisotopic (exact) mass is 309 g/mol. The number of H-pyrrole nitrogens is 1. The van der Waals surface area contributed by atoms with E-state index in [9.17, 15) is 4.79 Å². The summed E-state index contributed by atoms with van der Waals surface area (Å²) in [5.41, 5.74) is 6.12. The predicted molar refractivity (Wildman–Crippen MR) is 81.7 cm³/mol. The van der Waals surface area contributed by atoms with E-state index in [0.717, 1.165) is 12.8 Å². The lowest BCUT2D eigenvalue weighted by atomic mass is 10.4. The number of nitrogen functional groups attached to an aromatic ring is 1. The molecule has 8 heteroatoms. The van der Waals surface area contributed by atoms with Crippen LogP contribution in [-0.4, -0.2) is 26.4 Å². The van der Waals surface area contributed by atoms with Crippen molar-refractivity contribution in [3.63, 3.8) is 0 Å².